The van der Waals surface area contributed by atoms with Crippen LogP contribution in [0.2, 0.25) is 0 Å². The van der Waals surface area contributed by atoms with Crippen LogP contribution in [0.15, 0.2) is 0 Å². The lowest BCUT2D eigenvalue weighted by atomic mass is 10.2. The van der Waals surface area contributed by atoms with Crippen molar-refractivity contribution in [2.24, 2.45) is 5.92 Å². The van der Waals surface area contributed by atoms with E-state index in [1.807, 2.05) is 0 Å². The highest BCUT2D eigenvalue weighted by molar-refractivity contribution is 7.85. The van der Waals surface area contributed by atoms with Crippen molar-refractivity contribution in [1.82, 2.24) is 10.3 Å². The van der Waals surface area contributed by atoms with E-state index in [0.717, 1.165) is 49.2 Å². The topological polar surface area (TPSA) is 45.2 Å². The SMILES string of the molecule is CCc1nc(N2CCS(=O)CC2)sc1CNCC(C)C. The molecule has 0 aromatic carbocycles. The predicted molar refractivity (Wildman–Crippen MR) is 88.1 cm³/mol. The van der Waals surface area contributed by atoms with Crippen LogP contribution in [0.4, 0.5) is 5.13 Å². The Labute approximate surface area is 128 Å². The summed E-state index contributed by atoms with van der Waals surface area (Å²) in [5, 5.41) is 4.61. The van der Waals surface area contributed by atoms with Crippen molar-refractivity contribution in [1.29, 1.82) is 0 Å². The molecule has 4 nitrogen and oxygen atoms in total. The molecule has 0 amide bonds. The lowest BCUT2D eigenvalue weighted by molar-refractivity contribution is 0.553. The van der Waals surface area contributed by atoms with Crippen LogP contribution in [0, 0.1) is 5.92 Å². The van der Waals surface area contributed by atoms with Crippen molar-refractivity contribution < 1.29 is 4.21 Å². The van der Waals surface area contributed by atoms with Crippen LogP contribution in [0.25, 0.3) is 0 Å². The lowest BCUT2D eigenvalue weighted by Crippen LogP contribution is -2.37. The van der Waals surface area contributed by atoms with Gasteiger partial charge in [0, 0.05) is 46.8 Å². The molecule has 2 heterocycles. The van der Waals surface area contributed by atoms with Crippen LogP contribution in [-0.4, -0.2) is 40.3 Å². The van der Waals surface area contributed by atoms with Gasteiger partial charge in [-0.1, -0.05) is 20.8 Å². The Morgan fingerprint density at radius 3 is 2.70 bits per heavy atom. The number of hydrogen-bond donors (Lipinski definition) is 1. The van der Waals surface area contributed by atoms with E-state index in [0.29, 0.717) is 5.92 Å². The summed E-state index contributed by atoms with van der Waals surface area (Å²) < 4.78 is 11.4. The first kappa shape index (κ1) is 15.9. The Hall–Kier alpha value is -0.460. The molecule has 1 aromatic rings. The molecule has 1 aliphatic rings. The standard InChI is InChI=1S/C14H25N3OS2/c1-4-12-13(10-15-9-11(2)3)19-14(16-12)17-5-7-20(18)8-6-17/h11,15H,4-10H2,1-3H3. The zero-order valence-electron chi connectivity index (χ0n) is 12.6. The van der Waals surface area contributed by atoms with E-state index in [1.54, 1.807) is 11.3 Å². The highest BCUT2D eigenvalue weighted by atomic mass is 32.2. The molecule has 2 rings (SSSR count). The highest BCUT2D eigenvalue weighted by Gasteiger charge is 2.20. The summed E-state index contributed by atoms with van der Waals surface area (Å²) in [7, 11) is -0.622. The normalized spacial score (nSPS) is 17.1. The number of aryl methyl sites for hydroxylation is 1. The molecule has 1 saturated heterocycles. The second-order valence-electron chi connectivity index (χ2n) is 5.58. The van der Waals surface area contributed by atoms with Crippen molar-refractivity contribution >= 4 is 27.3 Å². The van der Waals surface area contributed by atoms with Gasteiger partial charge in [0.05, 0.1) is 5.69 Å². The first-order valence-electron chi connectivity index (χ1n) is 7.39. The summed E-state index contributed by atoms with van der Waals surface area (Å²) >= 11 is 1.80. The maximum absolute atomic E-state index is 11.4. The molecule has 0 bridgehead atoms. The second kappa shape index (κ2) is 7.52. The average Bonchev–Trinajstić information content (AvgIpc) is 2.82. The molecule has 20 heavy (non-hydrogen) atoms. The van der Waals surface area contributed by atoms with Gasteiger partial charge in [-0.15, -0.1) is 11.3 Å². The van der Waals surface area contributed by atoms with E-state index in [1.165, 1.54) is 10.6 Å². The van der Waals surface area contributed by atoms with Crippen molar-refractivity contribution in [3.05, 3.63) is 10.6 Å². The van der Waals surface area contributed by atoms with Crippen LogP contribution in [-0.2, 0) is 23.8 Å². The summed E-state index contributed by atoms with van der Waals surface area (Å²) in [5.41, 5.74) is 1.22. The van der Waals surface area contributed by atoms with Gasteiger partial charge in [-0.3, -0.25) is 4.21 Å². The van der Waals surface area contributed by atoms with Crippen molar-refractivity contribution in [2.75, 3.05) is 36.0 Å². The van der Waals surface area contributed by atoms with Gasteiger partial charge in [-0.05, 0) is 18.9 Å². The van der Waals surface area contributed by atoms with Gasteiger partial charge in [-0.25, -0.2) is 4.98 Å². The zero-order valence-corrected chi connectivity index (χ0v) is 14.3. The van der Waals surface area contributed by atoms with Crippen molar-refractivity contribution in [3.8, 4) is 0 Å². The van der Waals surface area contributed by atoms with E-state index in [4.69, 9.17) is 4.98 Å². The smallest absolute Gasteiger partial charge is 0.185 e. The molecule has 114 valence electrons. The Kier molecular flexibility index (Phi) is 5.99. The molecule has 1 aliphatic heterocycles. The van der Waals surface area contributed by atoms with Crippen molar-refractivity contribution in [2.45, 2.75) is 33.7 Å². The van der Waals surface area contributed by atoms with Crippen molar-refractivity contribution in [3.63, 3.8) is 0 Å². The lowest BCUT2D eigenvalue weighted by Gasteiger charge is -2.25. The van der Waals surface area contributed by atoms with Gasteiger partial charge < -0.3 is 10.2 Å². The van der Waals surface area contributed by atoms with Crippen LogP contribution < -0.4 is 10.2 Å². The fraction of sp³-hybridized carbons (Fsp3) is 0.786. The van der Waals surface area contributed by atoms with Gasteiger partial charge in [0.25, 0.3) is 0 Å². The fourth-order valence-corrected chi connectivity index (χ4v) is 4.44. The molecule has 0 unspecified atom stereocenters. The first-order chi connectivity index (χ1) is 9.60. The average molecular weight is 316 g/mol. The second-order valence-corrected chi connectivity index (χ2v) is 8.34. The van der Waals surface area contributed by atoms with Gasteiger partial charge in [0.2, 0.25) is 0 Å². The summed E-state index contributed by atoms with van der Waals surface area (Å²) in [4.78, 5) is 8.43. The van der Waals surface area contributed by atoms with E-state index >= 15 is 0 Å². The third kappa shape index (κ3) is 4.27. The van der Waals surface area contributed by atoms with E-state index in [9.17, 15) is 4.21 Å². The van der Waals surface area contributed by atoms with Crippen LogP contribution in [0.5, 0.6) is 0 Å². The Morgan fingerprint density at radius 1 is 1.40 bits per heavy atom. The molecule has 1 aromatic heterocycles. The minimum absolute atomic E-state index is 0.622. The molecule has 0 aliphatic carbocycles. The quantitative estimate of drug-likeness (QED) is 0.872. The third-order valence-corrected chi connectivity index (χ3v) is 5.82. The van der Waals surface area contributed by atoms with Crippen LogP contribution >= 0.6 is 11.3 Å². The highest BCUT2D eigenvalue weighted by Crippen LogP contribution is 2.27. The van der Waals surface area contributed by atoms with E-state index in [2.05, 4.69) is 31.0 Å². The Bertz CT molecular complexity index is 449. The molecule has 6 heteroatoms. The number of thiazole rings is 1. The molecule has 0 saturated carbocycles. The van der Waals surface area contributed by atoms with Gasteiger partial charge in [0.1, 0.15) is 0 Å². The molecular weight excluding hydrogens is 290 g/mol. The van der Waals surface area contributed by atoms with Gasteiger partial charge >= 0.3 is 0 Å². The molecule has 0 radical (unpaired) electrons. The monoisotopic (exact) mass is 315 g/mol. The van der Waals surface area contributed by atoms with Crippen LogP contribution in [0.3, 0.4) is 0 Å². The number of anilines is 1. The number of hydrogen-bond acceptors (Lipinski definition) is 5. The minimum atomic E-state index is -0.622. The summed E-state index contributed by atoms with van der Waals surface area (Å²) in [5.74, 6) is 2.23. The van der Waals surface area contributed by atoms with E-state index < -0.39 is 10.8 Å². The number of nitrogens with one attached hydrogen (secondary N) is 1. The molecule has 1 fully saturated rings. The third-order valence-electron chi connectivity index (χ3n) is 3.39. The fourth-order valence-electron chi connectivity index (χ4n) is 2.22. The van der Waals surface area contributed by atoms with E-state index in [-0.39, 0.29) is 0 Å². The molecule has 0 atom stereocenters. The van der Waals surface area contributed by atoms with Gasteiger partial charge in [0.15, 0.2) is 5.13 Å². The maximum atomic E-state index is 11.4. The van der Waals surface area contributed by atoms with Gasteiger partial charge in [-0.2, -0.15) is 0 Å². The first-order valence-corrected chi connectivity index (χ1v) is 9.69. The molecule has 0 spiro atoms. The largest absolute Gasteiger partial charge is 0.346 e. The Balaban J connectivity index is 2.00. The number of aromatic nitrogens is 1. The summed E-state index contributed by atoms with van der Waals surface area (Å²) in [6, 6.07) is 0. The summed E-state index contributed by atoms with van der Waals surface area (Å²) in [6.07, 6.45) is 0.981. The molecular formula is C14H25N3OS2. The van der Waals surface area contributed by atoms with Crippen LogP contribution in [0.1, 0.15) is 31.3 Å². The number of nitrogens with zero attached hydrogens (tertiary/aromatic N) is 2. The maximum Gasteiger partial charge on any atom is 0.185 e. The minimum Gasteiger partial charge on any atom is -0.346 e. The Morgan fingerprint density at radius 2 is 2.10 bits per heavy atom. The molecule has 1 N–H and O–H groups in total. The summed E-state index contributed by atoms with van der Waals surface area (Å²) in [6.45, 7) is 10.3. The predicted octanol–water partition coefficient (Wildman–Crippen LogP) is 2.02. The number of rotatable bonds is 6. The zero-order chi connectivity index (χ0) is 14.5.